The van der Waals surface area contributed by atoms with E-state index in [1.807, 2.05) is 0 Å². The standard InChI is InChI=1S/C9H6F2N2O/c1-5-6(4-14)2-7(3-12)13-8(5)9(10)11/h2,4,9H,1H3. The van der Waals surface area contributed by atoms with Crippen molar-refractivity contribution in [3.8, 4) is 6.07 Å². The van der Waals surface area contributed by atoms with Crippen LogP contribution in [0.15, 0.2) is 6.07 Å². The largest absolute Gasteiger partial charge is 0.298 e. The van der Waals surface area contributed by atoms with Gasteiger partial charge in [-0.3, -0.25) is 4.79 Å². The van der Waals surface area contributed by atoms with E-state index in [2.05, 4.69) is 4.98 Å². The monoisotopic (exact) mass is 196 g/mol. The van der Waals surface area contributed by atoms with Crippen molar-refractivity contribution >= 4 is 6.29 Å². The summed E-state index contributed by atoms with van der Waals surface area (Å²) in [4.78, 5) is 13.9. The molecule has 0 radical (unpaired) electrons. The Morgan fingerprint density at radius 2 is 2.29 bits per heavy atom. The van der Waals surface area contributed by atoms with E-state index in [1.165, 1.54) is 13.0 Å². The van der Waals surface area contributed by atoms with Crippen molar-refractivity contribution in [1.29, 1.82) is 5.26 Å². The van der Waals surface area contributed by atoms with Gasteiger partial charge in [-0.05, 0) is 18.6 Å². The van der Waals surface area contributed by atoms with Gasteiger partial charge in [-0.15, -0.1) is 0 Å². The van der Waals surface area contributed by atoms with E-state index in [4.69, 9.17) is 5.26 Å². The van der Waals surface area contributed by atoms with Crippen LogP contribution in [0.4, 0.5) is 8.78 Å². The van der Waals surface area contributed by atoms with Crippen LogP contribution in [-0.2, 0) is 0 Å². The van der Waals surface area contributed by atoms with Crippen molar-refractivity contribution in [2.24, 2.45) is 0 Å². The molecule has 0 amide bonds. The Bertz CT molecular complexity index is 410. The third kappa shape index (κ3) is 1.74. The van der Waals surface area contributed by atoms with E-state index in [1.54, 1.807) is 6.07 Å². The third-order valence-electron chi connectivity index (χ3n) is 1.80. The molecule has 0 aliphatic heterocycles. The van der Waals surface area contributed by atoms with E-state index >= 15 is 0 Å². The SMILES string of the molecule is Cc1c(C=O)cc(C#N)nc1C(F)F. The second-order valence-corrected chi connectivity index (χ2v) is 2.64. The maximum Gasteiger partial charge on any atom is 0.280 e. The van der Waals surface area contributed by atoms with Gasteiger partial charge in [0.2, 0.25) is 0 Å². The van der Waals surface area contributed by atoms with Gasteiger partial charge < -0.3 is 0 Å². The number of hydrogen-bond donors (Lipinski definition) is 0. The minimum Gasteiger partial charge on any atom is -0.298 e. The molecule has 0 aromatic carbocycles. The number of hydrogen-bond acceptors (Lipinski definition) is 3. The van der Waals surface area contributed by atoms with Gasteiger partial charge in [0.1, 0.15) is 23.7 Å². The quantitative estimate of drug-likeness (QED) is 0.680. The second-order valence-electron chi connectivity index (χ2n) is 2.64. The molecule has 1 rings (SSSR count). The Balaban J connectivity index is 3.43. The molecule has 0 aliphatic rings. The second kappa shape index (κ2) is 3.92. The number of aldehydes is 1. The first-order valence-electron chi connectivity index (χ1n) is 3.75. The zero-order valence-corrected chi connectivity index (χ0v) is 7.29. The van der Waals surface area contributed by atoms with E-state index in [9.17, 15) is 13.6 Å². The van der Waals surface area contributed by atoms with E-state index in [0.717, 1.165) is 0 Å². The maximum atomic E-state index is 12.4. The fourth-order valence-corrected chi connectivity index (χ4v) is 1.04. The molecule has 14 heavy (non-hydrogen) atoms. The molecule has 0 atom stereocenters. The highest BCUT2D eigenvalue weighted by Gasteiger charge is 2.16. The zero-order chi connectivity index (χ0) is 10.7. The van der Waals surface area contributed by atoms with Crippen LogP contribution in [0.5, 0.6) is 0 Å². The summed E-state index contributed by atoms with van der Waals surface area (Å²) in [6.45, 7) is 1.37. The molecule has 1 aromatic heterocycles. The molecule has 0 aliphatic carbocycles. The molecule has 0 fully saturated rings. The number of alkyl halides is 2. The average molecular weight is 196 g/mol. The Hall–Kier alpha value is -1.83. The minimum atomic E-state index is -2.78. The predicted octanol–water partition coefficient (Wildman–Crippen LogP) is 2.01. The predicted molar refractivity (Wildman–Crippen MR) is 44.0 cm³/mol. The van der Waals surface area contributed by atoms with E-state index in [0.29, 0.717) is 6.29 Å². The first kappa shape index (κ1) is 10.3. The van der Waals surface area contributed by atoms with Crippen molar-refractivity contribution in [2.75, 3.05) is 0 Å². The van der Waals surface area contributed by atoms with E-state index in [-0.39, 0.29) is 16.8 Å². The van der Waals surface area contributed by atoms with Gasteiger partial charge in [0.25, 0.3) is 6.43 Å². The van der Waals surface area contributed by atoms with Crippen LogP contribution < -0.4 is 0 Å². The van der Waals surface area contributed by atoms with Crippen molar-refractivity contribution in [3.63, 3.8) is 0 Å². The highest BCUT2D eigenvalue weighted by molar-refractivity contribution is 5.78. The molecule has 0 bridgehead atoms. The first-order valence-corrected chi connectivity index (χ1v) is 3.75. The van der Waals surface area contributed by atoms with Crippen LogP contribution in [0.1, 0.15) is 33.7 Å². The fraction of sp³-hybridized carbons (Fsp3) is 0.222. The summed E-state index contributed by atoms with van der Waals surface area (Å²) in [5, 5.41) is 8.48. The molecule has 1 heterocycles. The summed E-state index contributed by atoms with van der Waals surface area (Å²) >= 11 is 0. The van der Waals surface area contributed by atoms with Crippen LogP contribution in [0, 0.1) is 18.3 Å². The van der Waals surface area contributed by atoms with Gasteiger partial charge in [-0.25, -0.2) is 13.8 Å². The smallest absolute Gasteiger partial charge is 0.280 e. The lowest BCUT2D eigenvalue weighted by Gasteiger charge is -2.05. The molecule has 0 N–H and O–H groups in total. The highest BCUT2D eigenvalue weighted by Crippen LogP contribution is 2.22. The number of pyridine rings is 1. The van der Waals surface area contributed by atoms with Crippen molar-refractivity contribution in [1.82, 2.24) is 4.98 Å². The van der Waals surface area contributed by atoms with Crippen LogP contribution in [0.25, 0.3) is 0 Å². The number of nitrogens with zero attached hydrogens (tertiary/aromatic N) is 2. The van der Waals surface area contributed by atoms with Crippen LogP contribution in [0.2, 0.25) is 0 Å². The van der Waals surface area contributed by atoms with Gasteiger partial charge in [0, 0.05) is 5.56 Å². The molecular weight excluding hydrogens is 190 g/mol. The number of carbonyl (C=O) groups excluding carboxylic acids is 1. The summed E-state index contributed by atoms with van der Waals surface area (Å²) in [6, 6.07) is 2.81. The number of carbonyl (C=O) groups is 1. The lowest BCUT2D eigenvalue weighted by atomic mass is 10.1. The lowest BCUT2D eigenvalue weighted by molar-refractivity contribution is 0.112. The molecule has 3 nitrogen and oxygen atoms in total. The molecule has 0 spiro atoms. The lowest BCUT2D eigenvalue weighted by Crippen LogP contribution is -2.01. The molecule has 0 saturated heterocycles. The number of halogens is 2. The number of nitriles is 1. The molecule has 72 valence electrons. The topological polar surface area (TPSA) is 53.8 Å². The summed E-state index contributed by atoms with van der Waals surface area (Å²) < 4.78 is 24.7. The normalized spacial score (nSPS) is 9.93. The number of rotatable bonds is 2. The van der Waals surface area contributed by atoms with Crippen molar-refractivity contribution in [3.05, 3.63) is 28.6 Å². The van der Waals surface area contributed by atoms with Gasteiger partial charge in [0.15, 0.2) is 0 Å². The molecule has 1 aromatic rings. The summed E-state index contributed by atoms with van der Waals surface area (Å²) in [5.74, 6) is 0. The highest BCUT2D eigenvalue weighted by atomic mass is 19.3. The van der Waals surface area contributed by atoms with Crippen molar-refractivity contribution < 1.29 is 13.6 Å². The summed E-state index contributed by atoms with van der Waals surface area (Å²) in [5.41, 5.74) is -0.486. The minimum absolute atomic E-state index is 0.0758. The Labute approximate surface area is 79.0 Å². The molecule has 0 unspecified atom stereocenters. The molecule has 0 saturated carbocycles. The Morgan fingerprint density at radius 1 is 1.64 bits per heavy atom. The summed E-state index contributed by atoms with van der Waals surface area (Å²) in [7, 11) is 0. The fourth-order valence-electron chi connectivity index (χ4n) is 1.04. The Kier molecular flexibility index (Phi) is 2.87. The van der Waals surface area contributed by atoms with Gasteiger partial charge in [0.05, 0.1) is 0 Å². The van der Waals surface area contributed by atoms with E-state index < -0.39 is 12.1 Å². The number of aromatic nitrogens is 1. The van der Waals surface area contributed by atoms with Crippen molar-refractivity contribution in [2.45, 2.75) is 13.3 Å². The van der Waals surface area contributed by atoms with Crippen LogP contribution >= 0.6 is 0 Å². The zero-order valence-electron chi connectivity index (χ0n) is 7.29. The van der Waals surface area contributed by atoms with Gasteiger partial charge in [-0.2, -0.15) is 5.26 Å². The van der Waals surface area contributed by atoms with Crippen LogP contribution in [0.3, 0.4) is 0 Å². The van der Waals surface area contributed by atoms with Gasteiger partial charge in [-0.1, -0.05) is 0 Å². The molecule has 5 heteroatoms. The first-order chi connectivity index (χ1) is 6.60. The van der Waals surface area contributed by atoms with Crippen LogP contribution in [-0.4, -0.2) is 11.3 Å². The van der Waals surface area contributed by atoms with Gasteiger partial charge >= 0.3 is 0 Å². The third-order valence-corrected chi connectivity index (χ3v) is 1.80. The average Bonchev–Trinajstić information content (AvgIpc) is 2.17. The molecular formula is C9H6F2N2O. The summed E-state index contributed by atoms with van der Waals surface area (Å²) in [6.07, 6.45) is -2.34. The Morgan fingerprint density at radius 3 is 2.71 bits per heavy atom. The maximum absolute atomic E-state index is 12.4.